The molecule has 0 aliphatic heterocycles. The van der Waals surface area contributed by atoms with E-state index in [0.717, 1.165) is 5.82 Å². The van der Waals surface area contributed by atoms with Gasteiger partial charge in [0.05, 0.1) is 0 Å². The fourth-order valence-corrected chi connectivity index (χ4v) is 2.67. The number of hydrogen-bond acceptors (Lipinski definition) is 2. The molecule has 0 spiro atoms. The molecule has 1 fully saturated rings. The maximum absolute atomic E-state index is 5.89. The van der Waals surface area contributed by atoms with Crippen LogP contribution in [0, 0.1) is 5.41 Å². The van der Waals surface area contributed by atoms with Crippen LogP contribution in [0.3, 0.4) is 0 Å². The predicted molar refractivity (Wildman–Crippen MR) is 73.5 cm³/mol. The Morgan fingerprint density at radius 1 is 1.29 bits per heavy atom. The van der Waals surface area contributed by atoms with Crippen LogP contribution in [0.15, 0.2) is 18.2 Å². The van der Waals surface area contributed by atoms with Gasteiger partial charge < -0.3 is 5.32 Å². The lowest BCUT2D eigenvalue weighted by Gasteiger charge is -2.22. The van der Waals surface area contributed by atoms with Crippen molar-refractivity contribution >= 4 is 17.4 Å². The summed E-state index contributed by atoms with van der Waals surface area (Å²) in [5, 5.41) is 4.06. The summed E-state index contributed by atoms with van der Waals surface area (Å²) in [6.07, 6.45) is 6.36. The van der Waals surface area contributed by atoms with Crippen LogP contribution in [0.2, 0.25) is 5.15 Å². The zero-order valence-corrected chi connectivity index (χ0v) is 11.4. The predicted octanol–water partition coefficient (Wildman–Crippen LogP) is 4.51. The highest BCUT2D eigenvalue weighted by Crippen LogP contribution is 2.34. The van der Waals surface area contributed by atoms with Gasteiger partial charge in [-0.15, -0.1) is 0 Å². The van der Waals surface area contributed by atoms with Crippen molar-refractivity contribution in [2.45, 2.75) is 52.0 Å². The Morgan fingerprint density at radius 2 is 2.12 bits per heavy atom. The van der Waals surface area contributed by atoms with E-state index in [1.54, 1.807) is 0 Å². The van der Waals surface area contributed by atoms with E-state index in [0.29, 0.717) is 16.6 Å². The highest BCUT2D eigenvalue weighted by Gasteiger charge is 2.24. The highest BCUT2D eigenvalue weighted by molar-refractivity contribution is 6.29. The van der Waals surface area contributed by atoms with Gasteiger partial charge >= 0.3 is 0 Å². The molecule has 3 heteroatoms. The number of halogens is 1. The molecule has 2 rings (SSSR count). The van der Waals surface area contributed by atoms with E-state index < -0.39 is 0 Å². The SMILES string of the molecule is CC1(C)CCCC(Nc2cccc(Cl)n2)CC1. The van der Waals surface area contributed by atoms with E-state index >= 15 is 0 Å². The van der Waals surface area contributed by atoms with E-state index in [1.807, 2.05) is 18.2 Å². The van der Waals surface area contributed by atoms with Crippen molar-refractivity contribution in [2.75, 3.05) is 5.32 Å². The van der Waals surface area contributed by atoms with Gasteiger partial charge in [0.15, 0.2) is 0 Å². The molecule has 2 nitrogen and oxygen atoms in total. The molecule has 1 aromatic heterocycles. The minimum absolute atomic E-state index is 0.498. The van der Waals surface area contributed by atoms with Crippen LogP contribution in [0.4, 0.5) is 5.82 Å². The largest absolute Gasteiger partial charge is 0.367 e. The molecule has 0 aromatic carbocycles. The summed E-state index contributed by atoms with van der Waals surface area (Å²) in [7, 11) is 0. The molecule has 1 aliphatic rings. The first-order valence-corrected chi connectivity index (χ1v) is 6.82. The Labute approximate surface area is 109 Å². The summed E-state index contributed by atoms with van der Waals surface area (Å²) in [6, 6.07) is 6.28. The van der Waals surface area contributed by atoms with Crippen LogP contribution in [0.5, 0.6) is 0 Å². The monoisotopic (exact) mass is 252 g/mol. The van der Waals surface area contributed by atoms with E-state index in [9.17, 15) is 0 Å². The minimum Gasteiger partial charge on any atom is -0.367 e. The molecule has 1 saturated carbocycles. The molecule has 0 saturated heterocycles. The van der Waals surface area contributed by atoms with Gasteiger partial charge in [-0.05, 0) is 43.2 Å². The molecule has 17 heavy (non-hydrogen) atoms. The summed E-state index contributed by atoms with van der Waals surface area (Å²) in [5.74, 6) is 0.905. The molecular formula is C14H21ClN2. The lowest BCUT2D eigenvalue weighted by molar-refractivity contribution is 0.313. The van der Waals surface area contributed by atoms with Crippen molar-refractivity contribution in [1.29, 1.82) is 0 Å². The van der Waals surface area contributed by atoms with Gasteiger partial charge in [-0.1, -0.05) is 37.9 Å². The molecule has 1 aromatic rings. The van der Waals surface area contributed by atoms with Crippen LogP contribution in [-0.4, -0.2) is 11.0 Å². The average molecular weight is 253 g/mol. The van der Waals surface area contributed by atoms with Crippen LogP contribution in [0.1, 0.15) is 46.0 Å². The number of rotatable bonds is 2. The van der Waals surface area contributed by atoms with Gasteiger partial charge in [0, 0.05) is 6.04 Å². The van der Waals surface area contributed by atoms with Crippen molar-refractivity contribution in [3.05, 3.63) is 23.4 Å². The molecule has 94 valence electrons. The fourth-order valence-electron chi connectivity index (χ4n) is 2.50. The second kappa shape index (κ2) is 5.26. The van der Waals surface area contributed by atoms with Gasteiger partial charge in [0.1, 0.15) is 11.0 Å². The summed E-state index contributed by atoms with van der Waals surface area (Å²) >= 11 is 5.89. The van der Waals surface area contributed by atoms with Crippen molar-refractivity contribution in [2.24, 2.45) is 5.41 Å². The van der Waals surface area contributed by atoms with Gasteiger partial charge in [-0.3, -0.25) is 0 Å². The summed E-state index contributed by atoms with van der Waals surface area (Å²) in [4.78, 5) is 4.29. The van der Waals surface area contributed by atoms with E-state index in [1.165, 1.54) is 32.1 Å². The van der Waals surface area contributed by atoms with E-state index in [2.05, 4.69) is 24.1 Å². The quantitative estimate of drug-likeness (QED) is 0.619. The molecule has 1 N–H and O–H groups in total. The first-order valence-electron chi connectivity index (χ1n) is 6.44. The molecule has 0 radical (unpaired) electrons. The Bertz CT molecular complexity index is 376. The summed E-state index contributed by atoms with van der Waals surface area (Å²) in [6.45, 7) is 4.74. The zero-order valence-electron chi connectivity index (χ0n) is 10.7. The number of anilines is 1. The highest BCUT2D eigenvalue weighted by atomic mass is 35.5. The topological polar surface area (TPSA) is 24.9 Å². The second-order valence-electron chi connectivity index (χ2n) is 5.78. The van der Waals surface area contributed by atoms with Gasteiger partial charge in [-0.2, -0.15) is 0 Å². The zero-order chi connectivity index (χ0) is 12.3. The van der Waals surface area contributed by atoms with Gasteiger partial charge in [-0.25, -0.2) is 4.98 Å². The third-order valence-electron chi connectivity index (χ3n) is 3.64. The third kappa shape index (κ3) is 3.88. The van der Waals surface area contributed by atoms with Crippen molar-refractivity contribution in [1.82, 2.24) is 4.98 Å². The number of pyridine rings is 1. The first-order chi connectivity index (χ1) is 8.05. The Balaban J connectivity index is 1.95. The van der Waals surface area contributed by atoms with Crippen LogP contribution in [0.25, 0.3) is 0 Å². The Morgan fingerprint density at radius 3 is 2.88 bits per heavy atom. The van der Waals surface area contributed by atoms with Gasteiger partial charge in [0.25, 0.3) is 0 Å². The van der Waals surface area contributed by atoms with Crippen molar-refractivity contribution in [3.8, 4) is 0 Å². The molecule has 1 unspecified atom stereocenters. The van der Waals surface area contributed by atoms with Crippen molar-refractivity contribution in [3.63, 3.8) is 0 Å². The van der Waals surface area contributed by atoms with Crippen molar-refractivity contribution < 1.29 is 0 Å². The smallest absolute Gasteiger partial charge is 0.131 e. The molecular weight excluding hydrogens is 232 g/mol. The normalized spacial score (nSPS) is 24.1. The number of nitrogens with one attached hydrogen (secondary N) is 1. The van der Waals surface area contributed by atoms with E-state index in [4.69, 9.17) is 11.6 Å². The standard InChI is InChI=1S/C14H21ClN2/c1-14(2)9-4-5-11(8-10-14)16-13-7-3-6-12(15)17-13/h3,6-7,11H,4-5,8-10H2,1-2H3,(H,16,17). The van der Waals surface area contributed by atoms with E-state index in [-0.39, 0.29) is 0 Å². The Kier molecular flexibility index (Phi) is 3.93. The fraction of sp³-hybridized carbons (Fsp3) is 0.643. The molecule has 1 atom stereocenters. The van der Waals surface area contributed by atoms with Gasteiger partial charge in [0.2, 0.25) is 0 Å². The van der Waals surface area contributed by atoms with Crippen LogP contribution >= 0.6 is 11.6 Å². The molecule has 1 aliphatic carbocycles. The Hall–Kier alpha value is -0.760. The lowest BCUT2D eigenvalue weighted by Crippen LogP contribution is -2.19. The number of hydrogen-bond donors (Lipinski definition) is 1. The molecule has 0 amide bonds. The number of aromatic nitrogens is 1. The molecule has 0 bridgehead atoms. The third-order valence-corrected chi connectivity index (χ3v) is 3.85. The maximum atomic E-state index is 5.89. The van der Waals surface area contributed by atoms with Crippen LogP contribution < -0.4 is 5.32 Å². The summed E-state index contributed by atoms with van der Waals surface area (Å²) < 4.78 is 0. The minimum atomic E-state index is 0.498. The first kappa shape index (κ1) is 12.7. The lowest BCUT2D eigenvalue weighted by atomic mass is 9.85. The average Bonchev–Trinajstić information content (AvgIpc) is 2.41. The molecule has 1 heterocycles. The second-order valence-corrected chi connectivity index (χ2v) is 6.17. The number of nitrogens with zero attached hydrogens (tertiary/aromatic N) is 1. The maximum Gasteiger partial charge on any atom is 0.131 e. The summed E-state index contributed by atoms with van der Waals surface area (Å²) in [5.41, 5.74) is 0.498. The van der Waals surface area contributed by atoms with Crippen LogP contribution in [-0.2, 0) is 0 Å².